The first-order chi connectivity index (χ1) is 14.8. The maximum absolute atomic E-state index is 13.0. The van der Waals surface area contributed by atoms with Crippen molar-refractivity contribution in [2.24, 2.45) is 0 Å². The van der Waals surface area contributed by atoms with E-state index in [2.05, 4.69) is 4.98 Å². The number of halogens is 6. The molecule has 174 valence electrons. The summed E-state index contributed by atoms with van der Waals surface area (Å²) in [5.74, 6) is 0. The van der Waals surface area contributed by atoms with E-state index in [-0.39, 0.29) is 24.8 Å². The molecule has 0 saturated carbocycles. The molecular weight excluding hydrogens is 440 g/mol. The Morgan fingerprint density at radius 1 is 0.938 bits per heavy atom. The Hall–Kier alpha value is -2.82. The first-order valence-electron chi connectivity index (χ1n) is 9.74. The maximum Gasteiger partial charge on any atom is 0.417 e. The fraction of sp³-hybridized carbons (Fsp3) is 0.429. The highest BCUT2D eigenvalue weighted by Crippen LogP contribution is 2.36. The molecule has 1 amide bonds. The van der Waals surface area contributed by atoms with Crippen LogP contribution in [0.4, 0.5) is 31.1 Å². The first kappa shape index (κ1) is 23.8. The molecule has 1 aromatic carbocycles. The van der Waals surface area contributed by atoms with Gasteiger partial charge in [0.1, 0.15) is 0 Å². The lowest BCUT2D eigenvalue weighted by molar-refractivity contribution is -0.138. The normalized spacial score (nSPS) is 21.4. The molecule has 11 heteroatoms. The quantitative estimate of drug-likeness (QED) is 0.632. The second-order valence-corrected chi connectivity index (χ2v) is 7.82. The molecule has 3 rings (SSSR count). The maximum atomic E-state index is 13.0. The Bertz CT molecular complexity index is 886. The number of carbonyl (C=O) groups is 1. The molecule has 32 heavy (non-hydrogen) atoms. The van der Waals surface area contributed by atoms with Crippen molar-refractivity contribution in [3.8, 4) is 0 Å². The molecule has 1 fully saturated rings. The molecule has 0 aliphatic carbocycles. The molecule has 3 atom stereocenters. The van der Waals surface area contributed by atoms with Crippen molar-refractivity contribution < 1.29 is 36.2 Å². The van der Waals surface area contributed by atoms with E-state index in [0.29, 0.717) is 11.8 Å². The van der Waals surface area contributed by atoms with Gasteiger partial charge in [-0.2, -0.15) is 26.3 Å². The molecular formula is C21H21F6N3O2. The van der Waals surface area contributed by atoms with Gasteiger partial charge in [0.2, 0.25) is 0 Å². The minimum absolute atomic E-state index is 0.133. The molecule has 0 bridgehead atoms. The van der Waals surface area contributed by atoms with E-state index in [1.54, 1.807) is 13.8 Å². The number of nitrogens with zero attached hydrogens (tertiary/aromatic N) is 3. The minimum Gasteiger partial charge on any atom is -0.465 e. The summed E-state index contributed by atoms with van der Waals surface area (Å²) in [5, 5.41) is 9.38. The Kier molecular flexibility index (Phi) is 6.41. The number of aromatic nitrogens is 1. The van der Waals surface area contributed by atoms with Gasteiger partial charge in [-0.1, -0.05) is 12.1 Å². The van der Waals surface area contributed by atoms with Gasteiger partial charge in [0.05, 0.1) is 22.9 Å². The third kappa shape index (κ3) is 4.98. The highest BCUT2D eigenvalue weighted by Gasteiger charge is 2.38. The van der Waals surface area contributed by atoms with Gasteiger partial charge in [-0.15, -0.1) is 0 Å². The van der Waals surface area contributed by atoms with Crippen LogP contribution in [0.25, 0.3) is 0 Å². The number of rotatable bonds is 3. The molecule has 5 nitrogen and oxygen atoms in total. The zero-order valence-electron chi connectivity index (χ0n) is 17.2. The third-order valence-corrected chi connectivity index (χ3v) is 5.56. The SMILES string of the molecule is C[C@@H]1CN(C(=O)O)[C@@H](C)CN1C(c1ccc(C(F)(F)F)cc1)c1ccc(C(F)(F)F)cn1. The average Bonchev–Trinajstić information content (AvgIpc) is 2.70. The van der Waals surface area contributed by atoms with Crippen LogP contribution in [0.3, 0.4) is 0 Å². The van der Waals surface area contributed by atoms with Crippen LogP contribution in [-0.4, -0.2) is 51.2 Å². The van der Waals surface area contributed by atoms with Crippen molar-refractivity contribution in [2.45, 2.75) is 44.3 Å². The van der Waals surface area contributed by atoms with E-state index in [1.807, 2.05) is 4.90 Å². The Labute approximate surface area is 180 Å². The summed E-state index contributed by atoms with van der Waals surface area (Å²) in [5.41, 5.74) is -1.16. The topological polar surface area (TPSA) is 56.7 Å². The molecule has 0 spiro atoms. The second-order valence-electron chi connectivity index (χ2n) is 7.82. The predicted octanol–water partition coefficient (Wildman–Crippen LogP) is 5.28. The van der Waals surface area contributed by atoms with Crippen LogP contribution < -0.4 is 0 Å². The minimum atomic E-state index is -4.58. The number of pyridine rings is 1. The molecule has 1 saturated heterocycles. The van der Waals surface area contributed by atoms with E-state index in [4.69, 9.17) is 0 Å². The summed E-state index contributed by atoms with van der Waals surface area (Å²) < 4.78 is 77.9. The number of carboxylic acid groups (broad SMARTS) is 1. The summed E-state index contributed by atoms with van der Waals surface area (Å²) >= 11 is 0. The van der Waals surface area contributed by atoms with Gasteiger partial charge in [-0.3, -0.25) is 9.88 Å². The Balaban J connectivity index is 2.03. The molecule has 1 unspecified atom stereocenters. The van der Waals surface area contributed by atoms with Gasteiger partial charge in [0, 0.05) is 31.4 Å². The number of alkyl halides is 6. The van der Waals surface area contributed by atoms with Crippen LogP contribution in [0.1, 0.15) is 42.3 Å². The molecule has 1 aliphatic rings. The fourth-order valence-electron chi connectivity index (χ4n) is 3.90. The van der Waals surface area contributed by atoms with Gasteiger partial charge >= 0.3 is 18.4 Å². The Morgan fingerprint density at radius 2 is 1.50 bits per heavy atom. The summed E-state index contributed by atoms with van der Waals surface area (Å²) in [6.45, 7) is 3.80. The van der Waals surface area contributed by atoms with Crippen LogP contribution in [-0.2, 0) is 12.4 Å². The number of hydrogen-bond acceptors (Lipinski definition) is 3. The average molecular weight is 461 g/mol. The molecule has 1 aromatic heterocycles. The number of benzene rings is 1. The van der Waals surface area contributed by atoms with Gasteiger partial charge in [0.25, 0.3) is 0 Å². The molecule has 1 aliphatic heterocycles. The second kappa shape index (κ2) is 8.61. The first-order valence-corrected chi connectivity index (χ1v) is 9.74. The molecule has 1 N–H and O–H groups in total. The van der Waals surface area contributed by atoms with Crippen LogP contribution in [0, 0.1) is 0 Å². The molecule has 0 radical (unpaired) electrons. The summed E-state index contributed by atoms with van der Waals surface area (Å²) in [6.07, 6.45) is -9.52. The lowest BCUT2D eigenvalue weighted by Crippen LogP contribution is -2.58. The van der Waals surface area contributed by atoms with Crippen molar-refractivity contribution in [1.29, 1.82) is 0 Å². The smallest absolute Gasteiger partial charge is 0.417 e. The largest absolute Gasteiger partial charge is 0.465 e. The van der Waals surface area contributed by atoms with Crippen LogP contribution >= 0.6 is 0 Å². The standard InChI is InChI=1S/C21H21F6N3O2/c1-12-11-30(19(31)32)13(2)10-29(12)18(14-3-5-15(6-4-14)20(22,23)24)17-8-7-16(9-28-17)21(25,26)27/h3-9,12-13,18H,10-11H2,1-2H3,(H,31,32)/t12-,13+,18?/m1/s1. The van der Waals surface area contributed by atoms with Crippen molar-refractivity contribution in [3.05, 3.63) is 65.0 Å². The van der Waals surface area contributed by atoms with Crippen molar-refractivity contribution in [1.82, 2.24) is 14.8 Å². The van der Waals surface area contributed by atoms with E-state index in [9.17, 15) is 36.2 Å². The van der Waals surface area contributed by atoms with E-state index in [0.717, 1.165) is 18.2 Å². The van der Waals surface area contributed by atoms with E-state index >= 15 is 0 Å². The summed E-state index contributed by atoms with van der Waals surface area (Å²) in [7, 11) is 0. The Morgan fingerprint density at radius 3 is 1.97 bits per heavy atom. The van der Waals surface area contributed by atoms with Crippen molar-refractivity contribution >= 4 is 6.09 Å². The van der Waals surface area contributed by atoms with Crippen LogP contribution in [0.5, 0.6) is 0 Å². The lowest BCUT2D eigenvalue weighted by atomic mass is 9.95. The van der Waals surface area contributed by atoms with Crippen LogP contribution in [0.2, 0.25) is 0 Å². The zero-order valence-corrected chi connectivity index (χ0v) is 17.2. The van der Waals surface area contributed by atoms with Crippen molar-refractivity contribution in [2.75, 3.05) is 13.1 Å². The van der Waals surface area contributed by atoms with Crippen molar-refractivity contribution in [3.63, 3.8) is 0 Å². The highest BCUT2D eigenvalue weighted by molar-refractivity contribution is 5.65. The molecule has 2 aromatic rings. The number of piperazine rings is 1. The summed E-state index contributed by atoms with van der Waals surface area (Å²) in [6, 6.07) is 4.89. The number of amides is 1. The predicted molar refractivity (Wildman–Crippen MR) is 103 cm³/mol. The van der Waals surface area contributed by atoms with Gasteiger partial charge < -0.3 is 10.0 Å². The number of hydrogen-bond donors (Lipinski definition) is 1. The van der Waals surface area contributed by atoms with Gasteiger partial charge in [0.15, 0.2) is 0 Å². The zero-order chi connectivity index (χ0) is 23.8. The van der Waals surface area contributed by atoms with E-state index in [1.165, 1.54) is 23.1 Å². The van der Waals surface area contributed by atoms with Crippen LogP contribution in [0.15, 0.2) is 42.6 Å². The monoisotopic (exact) mass is 461 g/mol. The summed E-state index contributed by atoms with van der Waals surface area (Å²) in [4.78, 5) is 18.5. The molecule has 2 heterocycles. The van der Waals surface area contributed by atoms with Gasteiger partial charge in [-0.05, 0) is 43.7 Å². The highest BCUT2D eigenvalue weighted by atomic mass is 19.4. The lowest BCUT2D eigenvalue weighted by Gasteiger charge is -2.46. The van der Waals surface area contributed by atoms with Gasteiger partial charge in [-0.25, -0.2) is 4.79 Å². The fourth-order valence-corrected chi connectivity index (χ4v) is 3.90. The third-order valence-electron chi connectivity index (χ3n) is 5.56. The van der Waals surface area contributed by atoms with E-state index < -0.39 is 41.7 Å².